The number of rotatable bonds is 4. The van der Waals surface area contributed by atoms with Crippen LogP contribution in [0.25, 0.3) is 11.3 Å². The van der Waals surface area contributed by atoms with Crippen molar-refractivity contribution >= 4 is 29.1 Å². The molecule has 106 valence electrons. The van der Waals surface area contributed by atoms with E-state index in [-0.39, 0.29) is 0 Å². The smallest absolute Gasteiger partial charge is 0.205 e. The third-order valence-electron chi connectivity index (χ3n) is 2.93. The van der Waals surface area contributed by atoms with Crippen LogP contribution in [0.1, 0.15) is 5.89 Å². The zero-order valence-corrected chi connectivity index (χ0v) is 12.7. The van der Waals surface area contributed by atoms with Crippen LogP contribution in [0, 0.1) is 0 Å². The summed E-state index contributed by atoms with van der Waals surface area (Å²) in [6, 6.07) is 15.3. The Morgan fingerprint density at radius 3 is 2.81 bits per heavy atom. The summed E-state index contributed by atoms with van der Waals surface area (Å²) in [5.74, 6) is 2.02. The van der Waals surface area contributed by atoms with E-state index < -0.39 is 0 Å². The van der Waals surface area contributed by atoms with Crippen LogP contribution in [0.5, 0.6) is 0 Å². The monoisotopic (exact) mass is 316 g/mol. The van der Waals surface area contributed by atoms with E-state index in [9.17, 15) is 0 Å². The van der Waals surface area contributed by atoms with E-state index in [0.29, 0.717) is 22.4 Å². The Bertz CT molecular complexity index is 757. The molecular formula is C16H13ClN2OS. The van der Waals surface area contributed by atoms with Crippen molar-refractivity contribution in [2.45, 2.75) is 10.6 Å². The number of anilines is 1. The minimum atomic E-state index is 0.634. The van der Waals surface area contributed by atoms with Gasteiger partial charge >= 0.3 is 0 Å². The van der Waals surface area contributed by atoms with Crippen LogP contribution in [0.3, 0.4) is 0 Å². The number of nitrogen functional groups attached to an aromatic ring is 1. The number of halogens is 1. The first kappa shape index (κ1) is 14.0. The van der Waals surface area contributed by atoms with Crippen LogP contribution in [0.4, 0.5) is 5.69 Å². The van der Waals surface area contributed by atoms with Crippen molar-refractivity contribution in [1.29, 1.82) is 0 Å². The van der Waals surface area contributed by atoms with Crippen LogP contribution in [0.15, 0.2) is 64.0 Å². The van der Waals surface area contributed by atoms with Gasteiger partial charge in [0.05, 0.1) is 11.9 Å². The van der Waals surface area contributed by atoms with Crippen molar-refractivity contribution in [3.63, 3.8) is 0 Å². The molecule has 0 bridgehead atoms. The Balaban J connectivity index is 1.72. The van der Waals surface area contributed by atoms with Gasteiger partial charge in [0.2, 0.25) is 5.89 Å². The van der Waals surface area contributed by atoms with Crippen molar-refractivity contribution in [2.75, 3.05) is 5.73 Å². The van der Waals surface area contributed by atoms with Gasteiger partial charge in [-0.05, 0) is 24.3 Å². The average Bonchev–Trinajstić information content (AvgIpc) is 2.95. The molecule has 0 fully saturated rings. The molecule has 0 unspecified atom stereocenters. The maximum absolute atomic E-state index is 5.98. The van der Waals surface area contributed by atoms with E-state index in [4.69, 9.17) is 21.8 Å². The SMILES string of the molecule is Nc1ccccc1SCc1ncc(-c2cccc(Cl)c2)o1. The van der Waals surface area contributed by atoms with Crippen molar-refractivity contribution in [1.82, 2.24) is 4.98 Å². The summed E-state index contributed by atoms with van der Waals surface area (Å²) < 4.78 is 5.75. The number of nitrogens with zero attached hydrogens (tertiary/aromatic N) is 1. The van der Waals surface area contributed by atoms with Gasteiger partial charge in [-0.1, -0.05) is 35.9 Å². The molecule has 0 aliphatic rings. The molecule has 3 nitrogen and oxygen atoms in total. The van der Waals surface area contributed by atoms with Gasteiger partial charge in [0, 0.05) is 21.2 Å². The molecule has 3 aromatic rings. The van der Waals surface area contributed by atoms with Crippen molar-refractivity contribution < 1.29 is 4.42 Å². The lowest BCUT2D eigenvalue weighted by atomic mass is 10.2. The number of hydrogen-bond donors (Lipinski definition) is 1. The highest BCUT2D eigenvalue weighted by Gasteiger charge is 2.08. The second kappa shape index (κ2) is 6.24. The van der Waals surface area contributed by atoms with Crippen LogP contribution >= 0.6 is 23.4 Å². The summed E-state index contributed by atoms with van der Waals surface area (Å²) >= 11 is 7.58. The van der Waals surface area contributed by atoms with Crippen molar-refractivity contribution in [3.8, 4) is 11.3 Å². The summed E-state index contributed by atoms with van der Waals surface area (Å²) in [4.78, 5) is 5.32. The Morgan fingerprint density at radius 2 is 2.00 bits per heavy atom. The zero-order chi connectivity index (χ0) is 14.7. The Morgan fingerprint density at radius 1 is 1.14 bits per heavy atom. The standard InChI is InChI=1S/C16H13ClN2OS/c17-12-5-3-4-11(8-12)14-9-19-16(20-14)10-21-15-7-2-1-6-13(15)18/h1-9H,10,18H2. The molecule has 1 heterocycles. The average molecular weight is 317 g/mol. The fraction of sp³-hybridized carbons (Fsp3) is 0.0625. The summed E-state index contributed by atoms with van der Waals surface area (Å²) in [5, 5.41) is 0.678. The number of aromatic nitrogens is 1. The fourth-order valence-corrected chi connectivity index (χ4v) is 2.92. The predicted molar refractivity (Wildman–Crippen MR) is 87.4 cm³/mol. The molecule has 0 atom stereocenters. The predicted octanol–water partition coefficient (Wildman–Crippen LogP) is 4.87. The van der Waals surface area contributed by atoms with Crippen LogP contribution < -0.4 is 5.73 Å². The first-order valence-corrected chi connectivity index (χ1v) is 7.77. The van der Waals surface area contributed by atoms with Gasteiger partial charge in [0.1, 0.15) is 0 Å². The normalized spacial score (nSPS) is 10.7. The number of thioether (sulfide) groups is 1. The molecule has 0 saturated heterocycles. The third-order valence-corrected chi connectivity index (χ3v) is 4.24. The zero-order valence-electron chi connectivity index (χ0n) is 11.1. The lowest BCUT2D eigenvalue weighted by Crippen LogP contribution is -1.88. The Kier molecular flexibility index (Phi) is 4.18. The maximum Gasteiger partial charge on any atom is 0.205 e. The first-order valence-electron chi connectivity index (χ1n) is 6.40. The molecule has 0 amide bonds. The van der Waals surface area contributed by atoms with Gasteiger partial charge in [0.15, 0.2) is 5.76 Å². The van der Waals surface area contributed by atoms with E-state index in [2.05, 4.69) is 4.98 Å². The van der Waals surface area contributed by atoms with Crippen molar-refractivity contribution in [2.24, 2.45) is 0 Å². The summed E-state index contributed by atoms with van der Waals surface area (Å²) in [6.45, 7) is 0. The van der Waals surface area contributed by atoms with Gasteiger partial charge in [-0.3, -0.25) is 0 Å². The molecule has 2 N–H and O–H groups in total. The second-order valence-electron chi connectivity index (χ2n) is 4.46. The highest BCUT2D eigenvalue weighted by Crippen LogP contribution is 2.29. The molecule has 5 heteroatoms. The fourth-order valence-electron chi connectivity index (χ4n) is 1.90. The largest absolute Gasteiger partial charge is 0.440 e. The molecule has 3 rings (SSSR count). The van der Waals surface area contributed by atoms with Gasteiger partial charge in [-0.2, -0.15) is 0 Å². The second-order valence-corrected chi connectivity index (χ2v) is 5.91. The molecule has 0 spiro atoms. The topological polar surface area (TPSA) is 52.0 Å². The van der Waals surface area contributed by atoms with E-state index in [1.54, 1.807) is 18.0 Å². The minimum absolute atomic E-state index is 0.634. The highest BCUT2D eigenvalue weighted by atomic mass is 35.5. The number of benzene rings is 2. The molecule has 1 aromatic heterocycles. The lowest BCUT2D eigenvalue weighted by molar-refractivity contribution is 0.530. The first-order chi connectivity index (χ1) is 10.2. The molecule has 0 aliphatic carbocycles. The van der Waals surface area contributed by atoms with E-state index in [1.165, 1.54) is 0 Å². The van der Waals surface area contributed by atoms with Gasteiger partial charge in [0.25, 0.3) is 0 Å². The summed E-state index contributed by atoms with van der Waals surface area (Å²) in [6.07, 6.45) is 1.72. The highest BCUT2D eigenvalue weighted by molar-refractivity contribution is 7.98. The van der Waals surface area contributed by atoms with Crippen LogP contribution in [-0.2, 0) is 5.75 Å². The third kappa shape index (κ3) is 3.40. The van der Waals surface area contributed by atoms with Crippen molar-refractivity contribution in [3.05, 3.63) is 65.6 Å². The lowest BCUT2D eigenvalue weighted by Gasteiger charge is -2.02. The number of oxazole rings is 1. The maximum atomic E-state index is 5.98. The van der Waals surface area contributed by atoms with Gasteiger partial charge in [-0.25, -0.2) is 4.98 Å². The van der Waals surface area contributed by atoms with Crippen LogP contribution in [-0.4, -0.2) is 4.98 Å². The number of hydrogen-bond acceptors (Lipinski definition) is 4. The quantitative estimate of drug-likeness (QED) is 0.551. The van der Waals surface area contributed by atoms with E-state index in [0.717, 1.165) is 16.1 Å². The Hall–Kier alpha value is -1.91. The molecule has 21 heavy (non-hydrogen) atoms. The molecule has 2 aromatic carbocycles. The molecule has 0 aliphatic heterocycles. The summed E-state index contributed by atoms with van der Waals surface area (Å²) in [7, 11) is 0. The Labute approximate surface area is 132 Å². The van der Waals surface area contributed by atoms with Gasteiger partial charge < -0.3 is 10.2 Å². The minimum Gasteiger partial charge on any atom is -0.440 e. The van der Waals surface area contributed by atoms with E-state index in [1.807, 2.05) is 48.5 Å². The molecule has 0 radical (unpaired) electrons. The van der Waals surface area contributed by atoms with Crippen LogP contribution in [0.2, 0.25) is 5.02 Å². The van der Waals surface area contributed by atoms with Gasteiger partial charge in [-0.15, -0.1) is 11.8 Å². The molecular weight excluding hydrogens is 304 g/mol. The summed E-state index contributed by atoms with van der Waals surface area (Å²) in [5.41, 5.74) is 7.60. The molecule has 0 saturated carbocycles. The number of nitrogens with two attached hydrogens (primary N) is 1. The van der Waals surface area contributed by atoms with E-state index >= 15 is 0 Å². The number of para-hydroxylation sites is 1.